The predicted molar refractivity (Wildman–Crippen MR) is 74.0 cm³/mol. The summed E-state index contributed by atoms with van der Waals surface area (Å²) in [5.74, 6) is 4.95. The molecule has 0 aromatic heterocycles. The van der Waals surface area contributed by atoms with Gasteiger partial charge in [0.2, 0.25) is 11.8 Å². The van der Waals surface area contributed by atoms with Gasteiger partial charge in [0.05, 0.1) is 11.5 Å². The largest absolute Gasteiger partial charge is 0.335 e. The molecule has 112 valence electrons. The first-order valence-electron chi connectivity index (χ1n) is 6.18. The monoisotopic (exact) mass is 293 g/mol. The van der Waals surface area contributed by atoms with Gasteiger partial charge in [-0.15, -0.1) is 0 Å². The van der Waals surface area contributed by atoms with Gasteiger partial charge in [0.25, 0.3) is 5.69 Å². The molecule has 2 amide bonds. The first-order valence-corrected chi connectivity index (χ1v) is 6.18. The van der Waals surface area contributed by atoms with Crippen LogP contribution in [0.25, 0.3) is 0 Å². The van der Waals surface area contributed by atoms with Crippen LogP contribution in [0.2, 0.25) is 0 Å². The third-order valence-electron chi connectivity index (χ3n) is 3.26. The van der Waals surface area contributed by atoms with Gasteiger partial charge in [-0.05, 0) is 11.6 Å². The second kappa shape index (κ2) is 5.75. The Morgan fingerprint density at radius 3 is 2.67 bits per heavy atom. The first kappa shape index (κ1) is 14.7. The Kier molecular flexibility index (Phi) is 4.03. The molecule has 1 aromatic rings. The summed E-state index contributed by atoms with van der Waals surface area (Å²) in [5.41, 5.74) is 2.92. The Balaban J connectivity index is 2.18. The van der Waals surface area contributed by atoms with Crippen molar-refractivity contribution in [1.29, 1.82) is 0 Å². The van der Waals surface area contributed by atoms with Gasteiger partial charge in [-0.3, -0.25) is 25.5 Å². The topological polar surface area (TPSA) is 122 Å². The van der Waals surface area contributed by atoms with Gasteiger partial charge in [-0.25, -0.2) is 0 Å². The Morgan fingerprint density at radius 2 is 2.05 bits per heavy atom. The summed E-state index contributed by atoms with van der Waals surface area (Å²) in [6.45, 7) is 0.233. The number of nitro groups is 1. The summed E-state index contributed by atoms with van der Waals surface area (Å²) >= 11 is 0. The zero-order valence-electron chi connectivity index (χ0n) is 11.4. The van der Waals surface area contributed by atoms with Crippen molar-refractivity contribution in [2.75, 3.05) is 25.6 Å². The second-order valence-corrected chi connectivity index (χ2v) is 4.75. The highest BCUT2D eigenvalue weighted by atomic mass is 16.6. The fourth-order valence-electron chi connectivity index (χ4n) is 2.08. The van der Waals surface area contributed by atoms with Crippen LogP contribution < -0.4 is 11.3 Å². The van der Waals surface area contributed by atoms with Crippen molar-refractivity contribution in [2.45, 2.75) is 6.54 Å². The number of nitrogen functional groups attached to an aromatic ring is 1. The number of rotatable bonds is 4. The van der Waals surface area contributed by atoms with Crippen molar-refractivity contribution in [3.63, 3.8) is 0 Å². The molecule has 0 bridgehead atoms. The van der Waals surface area contributed by atoms with E-state index in [1.165, 1.54) is 28.0 Å². The minimum absolute atomic E-state index is 0.00227. The number of piperazine rings is 1. The highest BCUT2D eigenvalue weighted by Gasteiger charge is 2.27. The number of carbonyl (C=O) groups is 2. The number of carbonyl (C=O) groups excluding carboxylic acids is 2. The van der Waals surface area contributed by atoms with Gasteiger partial charge in [0, 0.05) is 19.7 Å². The van der Waals surface area contributed by atoms with Gasteiger partial charge < -0.3 is 15.2 Å². The number of nitrogens with two attached hydrogens (primary N) is 1. The molecule has 1 aliphatic heterocycles. The van der Waals surface area contributed by atoms with Crippen LogP contribution in [0.5, 0.6) is 0 Å². The molecule has 0 unspecified atom stereocenters. The van der Waals surface area contributed by atoms with Crippen LogP contribution in [-0.2, 0) is 16.1 Å². The molecule has 0 radical (unpaired) electrons. The van der Waals surface area contributed by atoms with Crippen LogP contribution in [-0.4, -0.2) is 46.7 Å². The molecule has 1 saturated heterocycles. The summed E-state index contributed by atoms with van der Waals surface area (Å²) in [4.78, 5) is 36.5. The zero-order valence-corrected chi connectivity index (χ0v) is 11.4. The summed E-state index contributed by atoms with van der Waals surface area (Å²) in [7, 11) is 1.57. The Bertz CT molecular complexity index is 603. The van der Waals surface area contributed by atoms with Crippen LogP contribution in [0.4, 0.5) is 11.4 Å². The molecule has 1 heterocycles. The quantitative estimate of drug-likeness (QED) is 0.446. The Hall–Kier alpha value is -2.68. The molecule has 3 N–H and O–H groups in total. The summed E-state index contributed by atoms with van der Waals surface area (Å²) in [6, 6.07) is 4.34. The van der Waals surface area contributed by atoms with Crippen molar-refractivity contribution in [1.82, 2.24) is 9.80 Å². The molecule has 1 aliphatic rings. The van der Waals surface area contributed by atoms with E-state index in [-0.39, 0.29) is 42.8 Å². The van der Waals surface area contributed by atoms with Gasteiger partial charge in [-0.2, -0.15) is 0 Å². The number of benzene rings is 1. The van der Waals surface area contributed by atoms with E-state index >= 15 is 0 Å². The van der Waals surface area contributed by atoms with E-state index in [0.29, 0.717) is 5.56 Å². The second-order valence-electron chi connectivity index (χ2n) is 4.75. The number of hydrogen-bond acceptors (Lipinski definition) is 6. The van der Waals surface area contributed by atoms with Crippen LogP contribution in [0.3, 0.4) is 0 Å². The van der Waals surface area contributed by atoms with E-state index in [0.717, 1.165) is 0 Å². The standard InChI is InChI=1S/C12H15N5O4/c1-15-6-12(19)16(7-11(15)18)5-8-2-3-10(17(20)21)9(4-8)14-13/h2-4,14H,5-7,13H2,1H3. The molecule has 9 heteroatoms. The van der Waals surface area contributed by atoms with E-state index < -0.39 is 4.92 Å². The SMILES string of the molecule is CN1CC(=O)N(Cc2ccc([N+](=O)[O-])c(NN)c2)CC1=O. The van der Waals surface area contributed by atoms with Gasteiger partial charge in [0.1, 0.15) is 12.2 Å². The van der Waals surface area contributed by atoms with Gasteiger partial charge in [-0.1, -0.05) is 6.07 Å². The fraction of sp³-hybridized carbons (Fsp3) is 0.333. The zero-order chi connectivity index (χ0) is 15.6. The van der Waals surface area contributed by atoms with Crippen LogP contribution in [0, 0.1) is 10.1 Å². The lowest BCUT2D eigenvalue weighted by Crippen LogP contribution is -2.51. The molecule has 0 atom stereocenters. The smallest absolute Gasteiger partial charge is 0.293 e. The highest BCUT2D eigenvalue weighted by Crippen LogP contribution is 2.25. The number of amides is 2. The third-order valence-corrected chi connectivity index (χ3v) is 3.26. The van der Waals surface area contributed by atoms with E-state index in [1.807, 2.05) is 0 Å². The number of hydrazine groups is 1. The molecular formula is C12H15N5O4. The van der Waals surface area contributed by atoms with Crippen LogP contribution >= 0.6 is 0 Å². The van der Waals surface area contributed by atoms with E-state index in [2.05, 4.69) is 5.43 Å². The first-order chi connectivity index (χ1) is 9.92. The highest BCUT2D eigenvalue weighted by molar-refractivity contribution is 5.92. The van der Waals surface area contributed by atoms with Crippen molar-refractivity contribution in [3.05, 3.63) is 33.9 Å². The number of anilines is 1. The molecule has 1 fully saturated rings. The van der Waals surface area contributed by atoms with Crippen molar-refractivity contribution in [2.24, 2.45) is 5.84 Å². The van der Waals surface area contributed by atoms with E-state index in [4.69, 9.17) is 5.84 Å². The number of nitrogens with one attached hydrogen (secondary N) is 1. The number of nitrogens with zero attached hydrogens (tertiary/aromatic N) is 3. The molecular weight excluding hydrogens is 278 g/mol. The van der Waals surface area contributed by atoms with Gasteiger partial charge in [0.15, 0.2) is 0 Å². The van der Waals surface area contributed by atoms with E-state index in [1.54, 1.807) is 7.05 Å². The number of likely N-dealkylation sites (N-methyl/N-ethyl adjacent to an activating group) is 1. The predicted octanol–water partition coefficient (Wildman–Crippen LogP) is -0.319. The van der Waals surface area contributed by atoms with Crippen molar-refractivity contribution in [3.8, 4) is 0 Å². The average molecular weight is 293 g/mol. The summed E-state index contributed by atoms with van der Waals surface area (Å²) < 4.78 is 0. The van der Waals surface area contributed by atoms with Gasteiger partial charge >= 0.3 is 0 Å². The lowest BCUT2D eigenvalue weighted by molar-refractivity contribution is -0.384. The Morgan fingerprint density at radius 1 is 1.33 bits per heavy atom. The lowest BCUT2D eigenvalue weighted by Gasteiger charge is -2.31. The lowest BCUT2D eigenvalue weighted by atomic mass is 10.1. The summed E-state index contributed by atoms with van der Waals surface area (Å²) in [5, 5.41) is 10.8. The van der Waals surface area contributed by atoms with Crippen LogP contribution in [0.15, 0.2) is 18.2 Å². The van der Waals surface area contributed by atoms with Crippen LogP contribution in [0.1, 0.15) is 5.56 Å². The minimum atomic E-state index is -0.552. The van der Waals surface area contributed by atoms with Crippen molar-refractivity contribution < 1.29 is 14.5 Å². The molecule has 9 nitrogen and oxygen atoms in total. The number of hydrogen-bond donors (Lipinski definition) is 2. The fourth-order valence-corrected chi connectivity index (χ4v) is 2.08. The Labute approximate surface area is 120 Å². The molecule has 21 heavy (non-hydrogen) atoms. The molecule has 2 rings (SSSR count). The van der Waals surface area contributed by atoms with E-state index in [9.17, 15) is 19.7 Å². The molecule has 0 spiro atoms. The minimum Gasteiger partial charge on any atom is -0.335 e. The molecule has 0 saturated carbocycles. The third kappa shape index (κ3) is 3.08. The maximum atomic E-state index is 11.9. The molecule has 0 aliphatic carbocycles. The van der Waals surface area contributed by atoms with Crippen molar-refractivity contribution >= 4 is 23.2 Å². The maximum absolute atomic E-state index is 11.9. The summed E-state index contributed by atoms with van der Waals surface area (Å²) in [6.07, 6.45) is 0. The maximum Gasteiger partial charge on any atom is 0.293 e. The normalized spacial score (nSPS) is 15.3. The number of nitro benzene ring substituents is 1. The molecule has 1 aromatic carbocycles. The average Bonchev–Trinajstić information content (AvgIpc) is 2.44.